The van der Waals surface area contributed by atoms with Crippen LogP contribution in [0.2, 0.25) is 15.1 Å². The molecule has 0 radical (unpaired) electrons. The Hall–Kier alpha value is -2.38. The summed E-state index contributed by atoms with van der Waals surface area (Å²) in [4.78, 5) is 12.5. The third kappa shape index (κ3) is 4.92. The Kier molecular flexibility index (Phi) is 7.64. The zero-order chi connectivity index (χ0) is 26.3. The van der Waals surface area contributed by atoms with E-state index in [0.29, 0.717) is 38.7 Å². The molecule has 3 atom stereocenters. The largest absolute Gasteiger partial charge is 0.493 e. The number of esters is 1. The first-order valence-corrected chi connectivity index (χ1v) is 13.5. The number of hydrogen-bond acceptors (Lipinski definition) is 5. The Labute approximate surface area is 238 Å². The molecular formula is C28H23BrCl3NO4. The maximum atomic E-state index is 12.5. The fourth-order valence-electron chi connectivity index (χ4n) is 5.14. The van der Waals surface area contributed by atoms with E-state index in [0.717, 1.165) is 33.3 Å². The molecule has 0 fully saturated rings. The minimum absolute atomic E-state index is 0.0180. The molecule has 0 spiro atoms. The average Bonchev–Trinajstić information content (AvgIpc) is 3.39. The predicted octanol–water partition coefficient (Wildman–Crippen LogP) is 8.61. The van der Waals surface area contributed by atoms with Gasteiger partial charge in [-0.15, -0.1) is 0 Å². The van der Waals surface area contributed by atoms with Crippen LogP contribution in [0.15, 0.2) is 59.1 Å². The Morgan fingerprint density at radius 3 is 2.57 bits per heavy atom. The number of ether oxygens (including phenoxy) is 3. The van der Waals surface area contributed by atoms with Gasteiger partial charge in [-0.25, -0.2) is 4.79 Å². The van der Waals surface area contributed by atoms with E-state index in [4.69, 9.17) is 49.0 Å². The van der Waals surface area contributed by atoms with Crippen LogP contribution in [0.1, 0.15) is 45.4 Å². The summed E-state index contributed by atoms with van der Waals surface area (Å²) in [6.07, 6.45) is 5.16. The summed E-state index contributed by atoms with van der Waals surface area (Å²) in [7, 11) is 3.00. The standard InChI is InChI=1S/C28H23BrCl3NO4/c1-35-23-12-15(11-19(29)27(23)37-13-14-6-8-20(30)22(32)10-14)25-17-5-3-4-16(17)24-18(28(34)36-2)7-9-21(31)26(24)33-25/h3-4,6-12,16-17,25,33H,5,13H2,1-2H3/t16-,17-,25+/m1/s1. The second-order valence-electron chi connectivity index (χ2n) is 8.92. The molecule has 3 aromatic rings. The van der Waals surface area contributed by atoms with Crippen LogP contribution in [0.5, 0.6) is 11.5 Å². The second-order valence-corrected chi connectivity index (χ2v) is 11.0. The summed E-state index contributed by atoms with van der Waals surface area (Å²) in [5.74, 6) is 0.994. The molecule has 0 saturated carbocycles. The van der Waals surface area contributed by atoms with Crippen molar-refractivity contribution in [1.29, 1.82) is 0 Å². The minimum Gasteiger partial charge on any atom is -0.493 e. The van der Waals surface area contributed by atoms with Crippen LogP contribution in [0.3, 0.4) is 0 Å². The maximum Gasteiger partial charge on any atom is 0.338 e. The molecular weight excluding hydrogens is 601 g/mol. The molecule has 192 valence electrons. The smallest absolute Gasteiger partial charge is 0.338 e. The Balaban J connectivity index is 1.49. The zero-order valence-corrected chi connectivity index (χ0v) is 23.8. The van der Waals surface area contributed by atoms with Crippen LogP contribution in [-0.4, -0.2) is 20.2 Å². The first-order valence-electron chi connectivity index (χ1n) is 11.6. The van der Waals surface area contributed by atoms with Gasteiger partial charge in [-0.2, -0.15) is 0 Å². The molecule has 1 N–H and O–H groups in total. The van der Waals surface area contributed by atoms with E-state index in [9.17, 15) is 4.79 Å². The Morgan fingerprint density at radius 2 is 1.84 bits per heavy atom. The summed E-state index contributed by atoms with van der Waals surface area (Å²) in [5.41, 5.74) is 4.04. The van der Waals surface area contributed by atoms with E-state index in [1.807, 2.05) is 18.2 Å². The molecule has 5 nitrogen and oxygen atoms in total. The fourth-order valence-corrected chi connectivity index (χ4v) is 6.25. The Bertz CT molecular complexity index is 1410. The van der Waals surface area contributed by atoms with Gasteiger partial charge >= 0.3 is 5.97 Å². The number of benzene rings is 3. The third-order valence-corrected chi connectivity index (χ3v) is 8.50. The number of hydrogen-bond donors (Lipinski definition) is 1. The van der Waals surface area contributed by atoms with E-state index in [1.54, 1.807) is 31.4 Å². The molecule has 37 heavy (non-hydrogen) atoms. The van der Waals surface area contributed by atoms with Crippen molar-refractivity contribution in [2.45, 2.75) is 25.0 Å². The van der Waals surface area contributed by atoms with Gasteiger partial charge in [0.2, 0.25) is 0 Å². The molecule has 2 aliphatic rings. The topological polar surface area (TPSA) is 56.8 Å². The van der Waals surface area contributed by atoms with Crippen molar-refractivity contribution in [3.63, 3.8) is 0 Å². The quantitative estimate of drug-likeness (QED) is 0.220. The van der Waals surface area contributed by atoms with Gasteiger partial charge in [0.25, 0.3) is 0 Å². The predicted molar refractivity (Wildman–Crippen MR) is 151 cm³/mol. The first kappa shape index (κ1) is 26.2. The molecule has 3 aromatic carbocycles. The first-order chi connectivity index (χ1) is 17.8. The lowest BCUT2D eigenvalue weighted by Gasteiger charge is -2.39. The summed E-state index contributed by atoms with van der Waals surface area (Å²) in [6, 6.07) is 12.8. The lowest BCUT2D eigenvalue weighted by Crippen LogP contribution is -2.31. The van der Waals surface area contributed by atoms with Crippen molar-refractivity contribution in [2.75, 3.05) is 19.5 Å². The molecule has 9 heteroatoms. The average molecular weight is 624 g/mol. The number of fused-ring (bicyclic) bond motifs is 3. The number of rotatable bonds is 6. The molecule has 5 rings (SSSR count). The molecule has 0 amide bonds. The summed E-state index contributed by atoms with van der Waals surface area (Å²) < 4.78 is 17.6. The molecule has 0 aromatic heterocycles. The molecule has 0 unspecified atom stereocenters. The molecule has 1 aliphatic carbocycles. The lowest BCUT2D eigenvalue weighted by atomic mass is 9.75. The zero-order valence-electron chi connectivity index (χ0n) is 20.0. The van der Waals surface area contributed by atoms with Crippen LogP contribution in [-0.2, 0) is 11.3 Å². The van der Waals surface area contributed by atoms with E-state index >= 15 is 0 Å². The van der Waals surface area contributed by atoms with Crippen molar-refractivity contribution >= 4 is 62.4 Å². The Morgan fingerprint density at radius 1 is 1.05 bits per heavy atom. The summed E-state index contributed by atoms with van der Waals surface area (Å²) in [6.45, 7) is 0.292. The van der Waals surface area contributed by atoms with Crippen molar-refractivity contribution in [2.24, 2.45) is 5.92 Å². The van der Waals surface area contributed by atoms with E-state index < -0.39 is 0 Å². The molecule has 1 aliphatic heterocycles. The van der Waals surface area contributed by atoms with Crippen molar-refractivity contribution in [3.05, 3.63) is 96.4 Å². The normalized spacial score (nSPS) is 19.6. The second kappa shape index (κ2) is 10.8. The number of allylic oxidation sites excluding steroid dienone is 2. The van der Waals surface area contributed by atoms with Gasteiger partial charge in [-0.05, 0) is 81.4 Å². The van der Waals surface area contributed by atoms with Crippen LogP contribution in [0, 0.1) is 5.92 Å². The van der Waals surface area contributed by atoms with Crippen LogP contribution in [0.4, 0.5) is 5.69 Å². The number of carbonyl (C=O) groups excluding carboxylic acids is 1. The number of halogens is 4. The number of anilines is 1. The molecule has 0 saturated heterocycles. The van der Waals surface area contributed by atoms with E-state index in [1.165, 1.54) is 7.11 Å². The molecule has 1 heterocycles. The number of carbonyl (C=O) groups is 1. The van der Waals surface area contributed by atoms with Crippen molar-refractivity contribution in [1.82, 2.24) is 0 Å². The highest BCUT2D eigenvalue weighted by molar-refractivity contribution is 9.10. The monoisotopic (exact) mass is 621 g/mol. The van der Waals surface area contributed by atoms with Crippen LogP contribution >= 0.6 is 50.7 Å². The van der Waals surface area contributed by atoms with Crippen LogP contribution in [0.25, 0.3) is 0 Å². The van der Waals surface area contributed by atoms with E-state index in [2.05, 4.69) is 33.4 Å². The van der Waals surface area contributed by atoms with Gasteiger partial charge in [-0.3, -0.25) is 0 Å². The fraction of sp³-hybridized carbons (Fsp3) is 0.250. The number of nitrogens with one attached hydrogen (secondary N) is 1. The maximum absolute atomic E-state index is 12.5. The van der Waals surface area contributed by atoms with Gasteiger partial charge < -0.3 is 19.5 Å². The van der Waals surface area contributed by atoms with Crippen LogP contribution < -0.4 is 14.8 Å². The highest BCUT2D eigenvalue weighted by atomic mass is 79.9. The highest BCUT2D eigenvalue weighted by Gasteiger charge is 2.41. The lowest BCUT2D eigenvalue weighted by molar-refractivity contribution is 0.0598. The summed E-state index contributed by atoms with van der Waals surface area (Å²) in [5, 5.41) is 5.14. The van der Waals surface area contributed by atoms with Gasteiger partial charge in [0.05, 0.1) is 51.1 Å². The molecule has 0 bridgehead atoms. The third-order valence-electron chi connectivity index (χ3n) is 6.85. The SMILES string of the molecule is COC(=O)c1ccc(Cl)c2c1[C@@H]1C=CC[C@H]1[C@H](c1cc(Br)c(OCc3ccc(Cl)c(Cl)c3)c(OC)c1)N2. The summed E-state index contributed by atoms with van der Waals surface area (Å²) >= 11 is 22.5. The van der Waals surface area contributed by atoms with Gasteiger partial charge in [0.1, 0.15) is 6.61 Å². The van der Waals surface area contributed by atoms with Crippen molar-refractivity contribution in [3.8, 4) is 11.5 Å². The highest BCUT2D eigenvalue weighted by Crippen LogP contribution is 2.54. The van der Waals surface area contributed by atoms with Gasteiger partial charge in [0, 0.05) is 5.92 Å². The minimum atomic E-state index is -0.375. The number of methoxy groups -OCH3 is 2. The van der Waals surface area contributed by atoms with E-state index in [-0.39, 0.29) is 23.8 Å². The van der Waals surface area contributed by atoms with Crippen molar-refractivity contribution < 1.29 is 19.0 Å². The van der Waals surface area contributed by atoms with Gasteiger partial charge in [0.15, 0.2) is 11.5 Å². The van der Waals surface area contributed by atoms with Gasteiger partial charge in [-0.1, -0.05) is 53.0 Å².